The van der Waals surface area contributed by atoms with Crippen molar-refractivity contribution in [2.75, 3.05) is 17.2 Å². The molecule has 0 bridgehead atoms. The number of nitrogens with zero attached hydrogens (tertiary/aromatic N) is 1. The molecular weight excluding hydrogens is 234 g/mol. The van der Waals surface area contributed by atoms with E-state index < -0.39 is 0 Å². The van der Waals surface area contributed by atoms with Crippen molar-refractivity contribution in [1.29, 1.82) is 0 Å². The molecule has 0 unspecified atom stereocenters. The van der Waals surface area contributed by atoms with Crippen molar-refractivity contribution >= 4 is 28.9 Å². The summed E-state index contributed by atoms with van der Waals surface area (Å²) < 4.78 is 0. The predicted octanol–water partition coefficient (Wildman–Crippen LogP) is 3.91. The molecule has 0 saturated heterocycles. The van der Waals surface area contributed by atoms with Crippen molar-refractivity contribution in [2.24, 2.45) is 0 Å². The van der Waals surface area contributed by atoms with E-state index in [1.807, 2.05) is 49.4 Å². The lowest BCUT2D eigenvalue weighted by molar-refractivity contribution is 1.16. The summed E-state index contributed by atoms with van der Waals surface area (Å²) in [6.45, 7) is 2.90. The zero-order valence-corrected chi connectivity index (χ0v) is 10.3. The van der Waals surface area contributed by atoms with Gasteiger partial charge in [-0.25, -0.2) is 4.98 Å². The van der Waals surface area contributed by atoms with E-state index in [1.54, 1.807) is 0 Å². The molecule has 2 rings (SSSR count). The molecule has 1 aromatic carbocycles. The zero-order valence-electron chi connectivity index (χ0n) is 9.57. The topological polar surface area (TPSA) is 37.0 Å². The van der Waals surface area contributed by atoms with Crippen molar-refractivity contribution in [2.45, 2.75) is 6.92 Å². The van der Waals surface area contributed by atoms with Gasteiger partial charge in [-0.3, -0.25) is 0 Å². The second-order valence-corrected chi connectivity index (χ2v) is 4.01. The number of hydrogen-bond acceptors (Lipinski definition) is 3. The van der Waals surface area contributed by atoms with Crippen LogP contribution in [0.2, 0.25) is 5.02 Å². The molecule has 88 valence electrons. The molecule has 1 heterocycles. The molecule has 2 aromatic rings. The second-order valence-electron chi connectivity index (χ2n) is 3.57. The average Bonchev–Trinajstić information content (AvgIpc) is 2.30. The molecule has 0 spiro atoms. The molecule has 0 radical (unpaired) electrons. The van der Waals surface area contributed by atoms with Gasteiger partial charge in [0.1, 0.15) is 11.6 Å². The van der Waals surface area contributed by atoms with Crippen LogP contribution in [-0.4, -0.2) is 11.5 Å². The van der Waals surface area contributed by atoms with E-state index in [0.717, 1.165) is 23.9 Å². The Labute approximate surface area is 106 Å². The fourth-order valence-corrected chi connectivity index (χ4v) is 1.69. The normalized spacial score (nSPS) is 10.0. The van der Waals surface area contributed by atoms with Gasteiger partial charge < -0.3 is 10.6 Å². The van der Waals surface area contributed by atoms with E-state index in [9.17, 15) is 0 Å². The van der Waals surface area contributed by atoms with Gasteiger partial charge in [0.15, 0.2) is 0 Å². The molecule has 1 aromatic heterocycles. The zero-order chi connectivity index (χ0) is 12.1. The third-order valence-electron chi connectivity index (χ3n) is 2.20. The second kappa shape index (κ2) is 5.55. The first-order chi connectivity index (χ1) is 8.28. The Hall–Kier alpha value is -1.74. The van der Waals surface area contributed by atoms with Crippen molar-refractivity contribution < 1.29 is 0 Å². The smallest absolute Gasteiger partial charge is 0.132 e. The monoisotopic (exact) mass is 247 g/mol. The molecule has 2 N–H and O–H groups in total. The van der Waals surface area contributed by atoms with Crippen LogP contribution in [0.1, 0.15) is 6.92 Å². The van der Waals surface area contributed by atoms with Crippen LogP contribution in [-0.2, 0) is 0 Å². The lowest BCUT2D eigenvalue weighted by atomic mass is 10.3. The molecule has 0 aliphatic rings. The molecule has 3 nitrogen and oxygen atoms in total. The van der Waals surface area contributed by atoms with E-state index in [0.29, 0.717) is 5.02 Å². The van der Waals surface area contributed by atoms with Gasteiger partial charge in [0.25, 0.3) is 0 Å². The Morgan fingerprint density at radius 2 is 1.88 bits per heavy atom. The van der Waals surface area contributed by atoms with Crippen molar-refractivity contribution in [3.63, 3.8) is 0 Å². The highest BCUT2D eigenvalue weighted by atomic mass is 35.5. The van der Waals surface area contributed by atoms with Gasteiger partial charge in [0.2, 0.25) is 0 Å². The third-order valence-corrected chi connectivity index (χ3v) is 2.44. The molecule has 0 fully saturated rings. The van der Waals surface area contributed by atoms with E-state index in [1.165, 1.54) is 0 Å². The maximum atomic E-state index is 5.92. The van der Waals surface area contributed by atoms with Crippen LogP contribution in [0.3, 0.4) is 0 Å². The quantitative estimate of drug-likeness (QED) is 0.860. The number of hydrogen-bond donors (Lipinski definition) is 2. The Morgan fingerprint density at radius 3 is 2.65 bits per heavy atom. The highest BCUT2D eigenvalue weighted by Gasteiger charge is 1.98. The number of rotatable bonds is 4. The van der Waals surface area contributed by atoms with Crippen LogP contribution in [0.5, 0.6) is 0 Å². The Bertz CT molecular complexity index is 500. The molecule has 4 heteroatoms. The fraction of sp³-hybridized carbons (Fsp3) is 0.154. The molecule has 0 amide bonds. The molecular formula is C13H14ClN3. The van der Waals surface area contributed by atoms with Crippen LogP contribution in [0.4, 0.5) is 17.3 Å². The van der Waals surface area contributed by atoms with E-state index >= 15 is 0 Å². The number of anilines is 3. The highest BCUT2D eigenvalue weighted by Crippen LogP contribution is 2.19. The summed E-state index contributed by atoms with van der Waals surface area (Å²) >= 11 is 5.92. The first kappa shape index (κ1) is 11.7. The largest absolute Gasteiger partial charge is 0.370 e. The van der Waals surface area contributed by atoms with Crippen LogP contribution in [0.25, 0.3) is 0 Å². The van der Waals surface area contributed by atoms with E-state index in [4.69, 9.17) is 11.6 Å². The fourth-order valence-electron chi connectivity index (χ4n) is 1.50. The molecule has 17 heavy (non-hydrogen) atoms. The molecule has 0 saturated carbocycles. The first-order valence-corrected chi connectivity index (χ1v) is 5.89. The van der Waals surface area contributed by atoms with Crippen molar-refractivity contribution in [1.82, 2.24) is 4.98 Å². The highest BCUT2D eigenvalue weighted by molar-refractivity contribution is 6.30. The molecule has 0 aliphatic heterocycles. The average molecular weight is 248 g/mol. The number of halogens is 1. The van der Waals surface area contributed by atoms with E-state index in [-0.39, 0.29) is 0 Å². The number of nitrogens with one attached hydrogen (secondary N) is 2. The number of pyridine rings is 1. The lowest BCUT2D eigenvalue weighted by Crippen LogP contribution is -2.01. The van der Waals surface area contributed by atoms with Gasteiger partial charge in [0.05, 0.1) is 0 Å². The number of aromatic nitrogens is 1. The van der Waals surface area contributed by atoms with Gasteiger partial charge in [-0.15, -0.1) is 0 Å². The standard InChI is InChI=1S/C13H14ClN3/c1-2-15-12-7-4-8-13(17-12)16-11-6-3-5-10(14)9-11/h3-9H,2H2,1H3,(H2,15,16,17). The maximum absolute atomic E-state index is 5.92. The van der Waals surface area contributed by atoms with Gasteiger partial charge in [-0.2, -0.15) is 0 Å². The number of benzene rings is 1. The van der Waals surface area contributed by atoms with Gasteiger partial charge in [-0.1, -0.05) is 23.7 Å². The summed E-state index contributed by atoms with van der Waals surface area (Å²) in [5.41, 5.74) is 0.929. The summed E-state index contributed by atoms with van der Waals surface area (Å²) in [6.07, 6.45) is 0. The Kier molecular flexibility index (Phi) is 3.83. The summed E-state index contributed by atoms with van der Waals surface area (Å²) in [5, 5.41) is 7.08. The summed E-state index contributed by atoms with van der Waals surface area (Å²) in [7, 11) is 0. The SMILES string of the molecule is CCNc1cccc(Nc2cccc(Cl)c2)n1. The van der Waals surface area contributed by atoms with Crippen LogP contribution >= 0.6 is 11.6 Å². The van der Waals surface area contributed by atoms with Crippen LogP contribution in [0.15, 0.2) is 42.5 Å². The molecule has 0 aliphatic carbocycles. The maximum Gasteiger partial charge on any atom is 0.132 e. The molecule has 0 atom stereocenters. The minimum atomic E-state index is 0.706. The third kappa shape index (κ3) is 3.36. The Morgan fingerprint density at radius 1 is 1.12 bits per heavy atom. The van der Waals surface area contributed by atoms with Crippen LogP contribution in [0, 0.1) is 0 Å². The summed E-state index contributed by atoms with van der Waals surface area (Å²) in [5.74, 6) is 1.66. The van der Waals surface area contributed by atoms with Gasteiger partial charge in [-0.05, 0) is 37.3 Å². The minimum Gasteiger partial charge on any atom is -0.370 e. The summed E-state index contributed by atoms with van der Waals surface area (Å²) in [4.78, 5) is 4.42. The van der Waals surface area contributed by atoms with Crippen molar-refractivity contribution in [3.05, 3.63) is 47.5 Å². The minimum absolute atomic E-state index is 0.706. The van der Waals surface area contributed by atoms with E-state index in [2.05, 4.69) is 15.6 Å². The van der Waals surface area contributed by atoms with Gasteiger partial charge >= 0.3 is 0 Å². The van der Waals surface area contributed by atoms with Crippen LogP contribution < -0.4 is 10.6 Å². The predicted molar refractivity (Wildman–Crippen MR) is 73.1 cm³/mol. The first-order valence-electron chi connectivity index (χ1n) is 5.51. The van der Waals surface area contributed by atoms with Gasteiger partial charge in [0, 0.05) is 17.3 Å². The van der Waals surface area contributed by atoms with Crippen molar-refractivity contribution in [3.8, 4) is 0 Å². The lowest BCUT2D eigenvalue weighted by Gasteiger charge is -2.08. The Balaban J connectivity index is 2.15. The summed E-state index contributed by atoms with van der Waals surface area (Å²) in [6, 6.07) is 13.4.